The van der Waals surface area contributed by atoms with Crippen LogP contribution in [0.3, 0.4) is 0 Å². The van der Waals surface area contributed by atoms with Gasteiger partial charge in [0.25, 0.3) is 0 Å². The predicted octanol–water partition coefficient (Wildman–Crippen LogP) is 1.35. The number of carboxylic acids is 1. The molecule has 0 aromatic heterocycles. The minimum atomic E-state index is -0.829. The first-order valence-electron chi connectivity index (χ1n) is 7.77. The van der Waals surface area contributed by atoms with Gasteiger partial charge in [0.05, 0.1) is 5.92 Å². The van der Waals surface area contributed by atoms with Gasteiger partial charge in [-0.25, -0.2) is 0 Å². The molecule has 0 bridgehead atoms. The molecule has 21 heavy (non-hydrogen) atoms. The standard InChI is InChI=1S/C15H26N2O4/c1-3-16(4-2)13(18)8-5-9-14(19)17-10-6-7-12(11-17)15(20)21/h12H,3-11H2,1-2H3,(H,20,21)/t12-/m0/s1. The van der Waals surface area contributed by atoms with Gasteiger partial charge in [0, 0.05) is 39.0 Å². The van der Waals surface area contributed by atoms with Gasteiger partial charge in [0.1, 0.15) is 0 Å². The maximum absolute atomic E-state index is 12.1. The lowest BCUT2D eigenvalue weighted by molar-refractivity contribution is -0.145. The molecule has 0 aromatic rings. The van der Waals surface area contributed by atoms with Gasteiger partial charge in [-0.15, -0.1) is 0 Å². The molecule has 2 amide bonds. The maximum atomic E-state index is 12.1. The first kappa shape index (κ1) is 17.5. The predicted molar refractivity (Wildman–Crippen MR) is 78.7 cm³/mol. The van der Waals surface area contributed by atoms with Crippen LogP contribution in [0.1, 0.15) is 46.0 Å². The molecule has 1 aliphatic heterocycles. The Morgan fingerprint density at radius 2 is 1.86 bits per heavy atom. The van der Waals surface area contributed by atoms with Crippen molar-refractivity contribution >= 4 is 17.8 Å². The lowest BCUT2D eigenvalue weighted by atomic mass is 9.98. The number of rotatable bonds is 7. The molecule has 6 heteroatoms. The minimum absolute atomic E-state index is 0.0340. The molecule has 1 fully saturated rings. The first-order valence-corrected chi connectivity index (χ1v) is 7.77. The van der Waals surface area contributed by atoms with Gasteiger partial charge < -0.3 is 14.9 Å². The second kappa shape index (κ2) is 8.64. The van der Waals surface area contributed by atoms with Crippen molar-refractivity contribution in [1.82, 2.24) is 9.80 Å². The van der Waals surface area contributed by atoms with E-state index < -0.39 is 11.9 Å². The van der Waals surface area contributed by atoms with E-state index in [1.807, 2.05) is 13.8 Å². The van der Waals surface area contributed by atoms with E-state index in [9.17, 15) is 14.4 Å². The third-order valence-electron chi connectivity index (χ3n) is 4.02. The van der Waals surface area contributed by atoms with Crippen LogP contribution in [0.5, 0.6) is 0 Å². The highest BCUT2D eigenvalue weighted by Crippen LogP contribution is 2.18. The number of piperidine rings is 1. The van der Waals surface area contributed by atoms with Crippen molar-refractivity contribution < 1.29 is 19.5 Å². The van der Waals surface area contributed by atoms with Crippen LogP contribution in [0, 0.1) is 5.92 Å². The molecule has 1 N–H and O–H groups in total. The van der Waals surface area contributed by atoms with E-state index in [0.717, 1.165) is 6.42 Å². The van der Waals surface area contributed by atoms with Crippen LogP contribution in [0.4, 0.5) is 0 Å². The fourth-order valence-corrected chi connectivity index (χ4v) is 2.69. The quantitative estimate of drug-likeness (QED) is 0.769. The Bertz CT molecular complexity index is 380. The number of aliphatic carboxylic acids is 1. The Morgan fingerprint density at radius 3 is 2.43 bits per heavy atom. The minimum Gasteiger partial charge on any atom is -0.481 e. The molecule has 120 valence electrons. The van der Waals surface area contributed by atoms with Crippen molar-refractivity contribution in [3.05, 3.63) is 0 Å². The highest BCUT2D eigenvalue weighted by Gasteiger charge is 2.27. The molecular formula is C15H26N2O4. The summed E-state index contributed by atoms with van der Waals surface area (Å²) in [4.78, 5) is 38.3. The summed E-state index contributed by atoms with van der Waals surface area (Å²) in [6.45, 7) is 6.19. The molecule has 1 saturated heterocycles. The van der Waals surface area contributed by atoms with E-state index in [-0.39, 0.29) is 11.8 Å². The smallest absolute Gasteiger partial charge is 0.308 e. The Kier molecular flexibility index (Phi) is 7.19. The average molecular weight is 298 g/mol. The van der Waals surface area contributed by atoms with Crippen molar-refractivity contribution in [2.24, 2.45) is 5.92 Å². The van der Waals surface area contributed by atoms with Crippen LogP contribution >= 0.6 is 0 Å². The van der Waals surface area contributed by atoms with Crippen LogP contribution in [-0.2, 0) is 14.4 Å². The van der Waals surface area contributed by atoms with Gasteiger partial charge in [-0.3, -0.25) is 14.4 Å². The Hall–Kier alpha value is -1.59. The molecule has 1 heterocycles. The van der Waals surface area contributed by atoms with E-state index in [1.165, 1.54) is 0 Å². The topological polar surface area (TPSA) is 77.9 Å². The lowest BCUT2D eigenvalue weighted by Crippen LogP contribution is -2.42. The molecule has 0 aromatic carbocycles. The van der Waals surface area contributed by atoms with E-state index in [0.29, 0.717) is 51.9 Å². The zero-order valence-corrected chi connectivity index (χ0v) is 13.0. The van der Waals surface area contributed by atoms with Gasteiger partial charge in [-0.1, -0.05) is 0 Å². The third-order valence-corrected chi connectivity index (χ3v) is 4.02. The molecule has 1 atom stereocenters. The molecule has 0 unspecified atom stereocenters. The highest BCUT2D eigenvalue weighted by molar-refractivity contribution is 5.80. The fraction of sp³-hybridized carbons (Fsp3) is 0.800. The first-order chi connectivity index (χ1) is 9.99. The summed E-state index contributed by atoms with van der Waals surface area (Å²) in [5, 5.41) is 9.01. The van der Waals surface area contributed by atoms with Crippen LogP contribution in [0.15, 0.2) is 0 Å². The number of carbonyl (C=O) groups is 3. The number of hydrogen-bond acceptors (Lipinski definition) is 3. The summed E-state index contributed by atoms with van der Waals surface area (Å²) in [6, 6.07) is 0. The molecular weight excluding hydrogens is 272 g/mol. The van der Waals surface area contributed by atoms with Gasteiger partial charge in [-0.2, -0.15) is 0 Å². The molecule has 1 rings (SSSR count). The maximum Gasteiger partial charge on any atom is 0.308 e. The third kappa shape index (κ3) is 5.36. The summed E-state index contributed by atoms with van der Waals surface area (Å²) in [7, 11) is 0. The van der Waals surface area contributed by atoms with Gasteiger partial charge >= 0.3 is 5.97 Å². The zero-order valence-electron chi connectivity index (χ0n) is 13.0. The summed E-state index contributed by atoms with van der Waals surface area (Å²) in [6.07, 6.45) is 2.60. The van der Waals surface area contributed by atoms with Crippen molar-refractivity contribution in [2.45, 2.75) is 46.0 Å². The summed E-state index contributed by atoms with van der Waals surface area (Å²) in [5.74, 6) is -1.23. The molecule has 0 spiro atoms. The van der Waals surface area contributed by atoms with E-state index >= 15 is 0 Å². The number of carbonyl (C=O) groups excluding carboxylic acids is 2. The van der Waals surface area contributed by atoms with Crippen LogP contribution in [0.25, 0.3) is 0 Å². The highest BCUT2D eigenvalue weighted by atomic mass is 16.4. The molecule has 0 saturated carbocycles. The normalized spacial score (nSPS) is 18.4. The van der Waals surface area contributed by atoms with Crippen LogP contribution in [-0.4, -0.2) is 58.9 Å². The van der Waals surface area contributed by atoms with Gasteiger partial charge in [0.2, 0.25) is 11.8 Å². The Balaban J connectivity index is 2.33. The number of carboxylic acid groups (broad SMARTS) is 1. The summed E-state index contributed by atoms with van der Waals surface area (Å²) >= 11 is 0. The van der Waals surface area contributed by atoms with Crippen molar-refractivity contribution in [3.63, 3.8) is 0 Å². The second-order valence-electron chi connectivity index (χ2n) is 5.44. The van der Waals surface area contributed by atoms with E-state index in [2.05, 4.69) is 0 Å². The number of likely N-dealkylation sites (tertiary alicyclic amines) is 1. The summed E-state index contributed by atoms with van der Waals surface area (Å²) < 4.78 is 0. The van der Waals surface area contributed by atoms with Gasteiger partial charge in [0.15, 0.2) is 0 Å². The SMILES string of the molecule is CCN(CC)C(=O)CCCC(=O)N1CCC[C@H](C(=O)O)C1. The molecule has 0 radical (unpaired) electrons. The van der Waals surface area contributed by atoms with Crippen LogP contribution < -0.4 is 0 Å². The van der Waals surface area contributed by atoms with Crippen molar-refractivity contribution in [2.75, 3.05) is 26.2 Å². The average Bonchev–Trinajstić information content (AvgIpc) is 2.48. The number of nitrogens with zero attached hydrogens (tertiary/aromatic N) is 2. The fourth-order valence-electron chi connectivity index (χ4n) is 2.69. The molecule has 6 nitrogen and oxygen atoms in total. The van der Waals surface area contributed by atoms with E-state index in [1.54, 1.807) is 9.80 Å². The lowest BCUT2D eigenvalue weighted by Gasteiger charge is -2.30. The van der Waals surface area contributed by atoms with E-state index in [4.69, 9.17) is 5.11 Å². The molecule has 0 aliphatic carbocycles. The van der Waals surface area contributed by atoms with Crippen molar-refractivity contribution in [3.8, 4) is 0 Å². The summed E-state index contributed by atoms with van der Waals surface area (Å²) in [5.41, 5.74) is 0. The van der Waals surface area contributed by atoms with Gasteiger partial charge in [-0.05, 0) is 33.1 Å². The largest absolute Gasteiger partial charge is 0.481 e. The second-order valence-corrected chi connectivity index (χ2v) is 5.44. The zero-order chi connectivity index (χ0) is 15.8. The number of amides is 2. The van der Waals surface area contributed by atoms with Crippen molar-refractivity contribution in [1.29, 1.82) is 0 Å². The Labute approximate surface area is 126 Å². The van der Waals surface area contributed by atoms with Crippen LogP contribution in [0.2, 0.25) is 0 Å². The molecule has 1 aliphatic rings. The monoisotopic (exact) mass is 298 g/mol. The Morgan fingerprint density at radius 1 is 1.19 bits per heavy atom. The number of hydrogen-bond donors (Lipinski definition) is 1.